The van der Waals surface area contributed by atoms with E-state index < -0.39 is 41.9 Å². The summed E-state index contributed by atoms with van der Waals surface area (Å²) in [7, 11) is 1.11. The fraction of sp³-hybridized carbons (Fsp3) is 0.483. The first-order valence-electron chi connectivity index (χ1n) is 13.7. The number of hydrogen-bond donors (Lipinski definition) is 1. The van der Waals surface area contributed by atoms with Gasteiger partial charge in [-0.2, -0.15) is 0 Å². The minimum atomic E-state index is -1.50. The lowest BCUT2D eigenvalue weighted by atomic mass is 10.0. The highest BCUT2D eigenvalue weighted by Crippen LogP contribution is 2.35. The van der Waals surface area contributed by atoms with E-state index >= 15 is 0 Å². The Hall–Kier alpha value is -3.73. The highest BCUT2D eigenvalue weighted by Gasteiger charge is 2.51. The molecule has 0 aromatic heterocycles. The number of carbonyl (C=O) groups is 3. The van der Waals surface area contributed by atoms with Crippen molar-refractivity contribution in [3.05, 3.63) is 65.7 Å². The number of piperidine rings is 1. The molecule has 40 heavy (non-hydrogen) atoms. The molecule has 2 aromatic rings. The first-order chi connectivity index (χ1) is 19.4. The summed E-state index contributed by atoms with van der Waals surface area (Å²) in [5.74, 6) is -3.17. The van der Waals surface area contributed by atoms with Gasteiger partial charge < -0.3 is 19.7 Å². The average molecular weight is 559 g/mol. The van der Waals surface area contributed by atoms with Crippen molar-refractivity contribution in [2.24, 2.45) is 0 Å². The van der Waals surface area contributed by atoms with E-state index in [0.717, 1.165) is 56.6 Å². The molecule has 3 amide bonds. The first kappa shape index (κ1) is 29.3. The van der Waals surface area contributed by atoms with Gasteiger partial charge >= 0.3 is 18.1 Å². The molecule has 0 saturated carbocycles. The average Bonchev–Trinajstić information content (AvgIpc) is 3.60. The van der Waals surface area contributed by atoms with E-state index in [2.05, 4.69) is 27.2 Å². The highest BCUT2D eigenvalue weighted by atomic mass is 19.2. The van der Waals surface area contributed by atoms with Crippen molar-refractivity contribution >= 4 is 23.8 Å². The number of urea groups is 1. The Labute approximate surface area is 233 Å². The number of halogens is 2. The van der Waals surface area contributed by atoms with Gasteiger partial charge in [0.25, 0.3) is 0 Å². The van der Waals surface area contributed by atoms with Gasteiger partial charge in [-0.25, -0.2) is 28.1 Å². The number of imide groups is 1. The van der Waals surface area contributed by atoms with E-state index in [1.54, 1.807) is 0 Å². The van der Waals surface area contributed by atoms with E-state index in [-0.39, 0.29) is 11.6 Å². The molecule has 3 heterocycles. The Morgan fingerprint density at radius 1 is 0.975 bits per heavy atom. The van der Waals surface area contributed by atoms with Crippen LogP contribution in [-0.2, 0) is 14.3 Å². The van der Waals surface area contributed by atoms with Crippen molar-refractivity contribution in [1.29, 1.82) is 0 Å². The van der Waals surface area contributed by atoms with E-state index in [0.29, 0.717) is 19.0 Å². The molecule has 3 fully saturated rings. The van der Waals surface area contributed by atoms with Gasteiger partial charge in [-0.15, -0.1) is 0 Å². The van der Waals surface area contributed by atoms with Crippen LogP contribution in [0.4, 0.5) is 24.1 Å². The number of benzene rings is 2. The Balaban J connectivity index is 0.00000181. The topological polar surface area (TPSA) is 91.4 Å². The second-order valence-electron chi connectivity index (χ2n) is 9.80. The molecule has 3 aliphatic heterocycles. The molecule has 0 aliphatic carbocycles. The summed E-state index contributed by atoms with van der Waals surface area (Å²) in [6, 6.07) is 11.3. The molecule has 0 bridgehead atoms. The van der Waals surface area contributed by atoms with Crippen molar-refractivity contribution in [3.63, 3.8) is 0 Å². The largest absolute Gasteiger partial charge is 0.466 e. The van der Waals surface area contributed by atoms with Gasteiger partial charge in [-0.3, -0.25) is 4.90 Å². The maximum Gasteiger partial charge on any atom is 0.419 e. The molecule has 0 radical (unpaired) electrons. The standard InChI is InChI=1S/C27H30F2N4O5.C2H6/c1-37-25(34)24-23(17-7-8-21(28)22(29)15-17)33(27(36)38-24)26(35)30-18-9-12-32(16-18)20-10-13-31(14-11-20)19-5-3-2-4-6-19;1-2/h2-8,15,18,20,23-24H,9-14,16H2,1H3,(H,30,35);1-2H3. The molecule has 11 heteroatoms. The third-order valence-electron chi connectivity index (χ3n) is 7.58. The third-order valence-corrected chi connectivity index (χ3v) is 7.58. The van der Waals surface area contributed by atoms with Crippen LogP contribution in [0.1, 0.15) is 44.7 Å². The van der Waals surface area contributed by atoms with Gasteiger partial charge in [-0.05, 0) is 49.1 Å². The molecule has 3 aliphatic rings. The van der Waals surface area contributed by atoms with E-state index in [1.807, 2.05) is 32.0 Å². The fourth-order valence-corrected chi connectivity index (χ4v) is 5.61. The zero-order valence-corrected chi connectivity index (χ0v) is 23.0. The molecule has 3 saturated heterocycles. The summed E-state index contributed by atoms with van der Waals surface area (Å²) in [6.45, 7) is 7.34. The molecule has 216 valence electrons. The van der Waals surface area contributed by atoms with E-state index in [1.165, 1.54) is 11.8 Å². The predicted octanol–water partition coefficient (Wildman–Crippen LogP) is 4.48. The number of hydrogen-bond acceptors (Lipinski definition) is 7. The molecule has 2 aromatic carbocycles. The van der Waals surface area contributed by atoms with Crippen molar-refractivity contribution in [2.45, 2.75) is 57.3 Å². The number of esters is 1. The molecule has 3 atom stereocenters. The lowest BCUT2D eigenvalue weighted by Crippen LogP contribution is -2.49. The molecule has 9 nitrogen and oxygen atoms in total. The Kier molecular flexibility index (Phi) is 9.57. The van der Waals surface area contributed by atoms with Gasteiger partial charge in [-0.1, -0.05) is 38.1 Å². The van der Waals surface area contributed by atoms with Crippen LogP contribution in [-0.4, -0.2) is 79.4 Å². The van der Waals surface area contributed by atoms with Crippen LogP contribution < -0.4 is 10.2 Å². The second-order valence-corrected chi connectivity index (χ2v) is 9.80. The fourth-order valence-electron chi connectivity index (χ4n) is 5.61. The molecular weight excluding hydrogens is 522 g/mol. The predicted molar refractivity (Wildman–Crippen MR) is 145 cm³/mol. The van der Waals surface area contributed by atoms with Gasteiger partial charge in [0.2, 0.25) is 6.10 Å². The van der Waals surface area contributed by atoms with Crippen LogP contribution in [0.15, 0.2) is 48.5 Å². The lowest BCUT2D eigenvalue weighted by Gasteiger charge is -2.38. The number of ether oxygens (including phenoxy) is 2. The Morgan fingerprint density at radius 3 is 2.33 bits per heavy atom. The second kappa shape index (κ2) is 13.1. The summed E-state index contributed by atoms with van der Waals surface area (Å²) < 4.78 is 37.4. The van der Waals surface area contributed by atoms with Crippen molar-refractivity contribution in [3.8, 4) is 0 Å². The minimum Gasteiger partial charge on any atom is -0.466 e. The number of likely N-dealkylation sites (tertiary alicyclic amines) is 1. The summed E-state index contributed by atoms with van der Waals surface area (Å²) in [5, 5.41) is 2.87. The maximum absolute atomic E-state index is 14.0. The Bertz CT molecular complexity index is 1190. The van der Waals surface area contributed by atoms with Crippen LogP contribution in [0.25, 0.3) is 0 Å². The van der Waals surface area contributed by atoms with Gasteiger partial charge in [0.05, 0.1) is 7.11 Å². The number of anilines is 1. The maximum atomic E-state index is 14.0. The van der Waals surface area contributed by atoms with Crippen molar-refractivity contribution < 1.29 is 32.6 Å². The lowest BCUT2D eigenvalue weighted by molar-refractivity contribution is -0.150. The molecular formula is C29H36F2N4O5. The third kappa shape index (κ3) is 6.19. The summed E-state index contributed by atoms with van der Waals surface area (Å²) >= 11 is 0. The monoisotopic (exact) mass is 558 g/mol. The molecule has 0 spiro atoms. The quantitative estimate of drug-likeness (QED) is 0.541. The van der Waals surface area contributed by atoms with Crippen LogP contribution in [0, 0.1) is 11.6 Å². The molecule has 5 rings (SSSR count). The van der Waals surface area contributed by atoms with Crippen LogP contribution in [0.5, 0.6) is 0 Å². The van der Waals surface area contributed by atoms with Gasteiger partial charge in [0.15, 0.2) is 11.6 Å². The number of carbonyl (C=O) groups excluding carboxylic acids is 3. The number of amides is 3. The molecule has 3 unspecified atom stereocenters. The Morgan fingerprint density at radius 2 is 1.68 bits per heavy atom. The first-order valence-corrected chi connectivity index (χ1v) is 13.7. The highest BCUT2D eigenvalue weighted by molar-refractivity contribution is 5.96. The zero-order valence-electron chi connectivity index (χ0n) is 23.0. The zero-order chi connectivity index (χ0) is 28.8. The normalized spacial score (nSPS) is 23.3. The van der Waals surface area contributed by atoms with Crippen LogP contribution >= 0.6 is 0 Å². The van der Waals surface area contributed by atoms with E-state index in [4.69, 9.17) is 9.47 Å². The minimum absolute atomic E-state index is 0.0403. The van der Waals surface area contributed by atoms with Crippen molar-refractivity contribution in [1.82, 2.24) is 15.1 Å². The number of methoxy groups -OCH3 is 1. The SMILES string of the molecule is CC.COC(=O)C1OC(=O)N(C(=O)NC2CCN(C3CCN(c4ccccc4)CC3)C2)C1c1ccc(F)c(F)c1. The van der Waals surface area contributed by atoms with E-state index in [9.17, 15) is 23.2 Å². The van der Waals surface area contributed by atoms with Crippen molar-refractivity contribution in [2.75, 3.05) is 38.2 Å². The van der Waals surface area contributed by atoms with Gasteiger partial charge in [0, 0.05) is 44.0 Å². The number of para-hydroxylation sites is 1. The number of nitrogens with zero attached hydrogens (tertiary/aromatic N) is 3. The smallest absolute Gasteiger partial charge is 0.419 e. The van der Waals surface area contributed by atoms with Crippen LogP contribution in [0.2, 0.25) is 0 Å². The number of rotatable bonds is 5. The van der Waals surface area contributed by atoms with Gasteiger partial charge in [0.1, 0.15) is 6.04 Å². The summed E-state index contributed by atoms with van der Waals surface area (Å²) in [4.78, 5) is 43.7. The van der Waals surface area contributed by atoms with Crippen LogP contribution in [0.3, 0.4) is 0 Å². The number of cyclic esters (lactones) is 1. The summed E-state index contributed by atoms with van der Waals surface area (Å²) in [5.41, 5.74) is 1.26. The molecule has 1 N–H and O–H groups in total. The number of nitrogens with one attached hydrogen (secondary N) is 1. The summed E-state index contributed by atoms with van der Waals surface area (Å²) in [6.07, 6.45) is 0.151.